The molecule has 2 heterocycles. The Kier molecular flexibility index (Phi) is 3.63. The van der Waals surface area contributed by atoms with E-state index < -0.39 is 0 Å². The zero-order valence-electron chi connectivity index (χ0n) is 9.36. The van der Waals surface area contributed by atoms with E-state index in [2.05, 4.69) is 20.4 Å². The summed E-state index contributed by atoms with van der Waals surface area (Å²) in [6.07, 6.45) is 0.993. The number of thiazole rings is 1. The van der Waals surface area contributed by atoms with Crippen LogP contribution in [0.1, 0.15) is 22.3 Å². The molecule has 0 aliphatic carbocycles. The van der Waals surface area contributed by atoms with Crippen molar-refractivity contribution in [2.75, 3.05) is 6.54 Å². The van der Waals surface area contributed by atoms with Crippen LogP contribution >= 0.6 is 11.3 Å². The third-order valence-corrected chi connectivity index (χ3v) is 3.22. The molecule has 86 valence electrons. The van der Waals surface area contributed by atoms with Crippen molar-refractivity contribution >= 4 is 11.3 Å². The van der Waals surface area contributed by atoms with Gasteiger partial charge in [-0.1, -0.05) is 5.16 Å². The molecular weight excluding hydrogens is 224 g/mol. The van der Waals surface area contributed by atoms with E-state index in [9.17, 15) is 0 Å². The highest BCUT2D eigenvalue weighted by Crippen LogP contribution is 2.11. The molecule has 0 fully saturated rings. The van der Waals surface area contributed by atoms with E-state index in [0.717, 1.165) is 18.7 Å². The summed E-state index contributed by atoms with van der Waals surface area (Å²) in [4.78, 5) is 9.65. The monoisotopic (exact) mass is 238 g/mol. The van der Waals surface area contributed by atoms with Gasteiger partial charge in [0.05, 0.1) is 17.7 Å². The minimum absolute atomic E-state index is 0.607. The highest BCUT2D eigenvalue weighted by molar-refractivity contribution is 7.09. The fourth-order valence-corrected chi connectivity index (χ4v) is 2.16. The Balaban J connectivity index is 1.71. The van der Waals surface area contributed by atoms with Gasteiger partial charge in [-0.05, 0) is 13.3 Å². The zero-order chi connectivity index (χ0) is 11.4. The van der Waals surface area contributed by atoms with Crippen LogP contribution in [0.25, 0.3) is 0 Å². The van der Waals surface area contributed by atoms with Crippen molar-refractivity contribution in [1.29, 1.82) is 0 Å². The number of nitrogens with one attached hydrogen (secondary N) is 1. The van der Waals surface area contributed by atoms with Gasteiger partial charge in [0.25, 0.3) is 0 Å². The summed E-state index contributed by atoms with van der Waals surface area (Å²) in [7, 11) is 0. The summed E-state index contributed by atoms with van der Waals surface area (Å²) in [5, 5.41) is 7.08. The minimum atomic E-state index is 0.607. The Bertz CT molecular complexity index is 451. The van der Waals surface area contributed by atoms with Crippen molar-refractivity contribution in [3.05, 3.63) is 27.8 Å². The van der Waals surface area contributed by atoms with Gasteiger partial charge in [0.15, 0.2) is 5.82 Å². The molecule has 0 radical (unpaired) electrons. The van der Waals surface area contributed by atoms with Crippen molar-refractivity contribution < 1.29 is 4.52 Å². The second-order valence-electron chi connectivity index (χ2n) is 3.52. The molecule has 2 aromatic heterocycles. The van der Waals surface area contributed by atoms with Gasteiger partial charge in [-0.15, -0.1) is 11.3 Å². The Labute approximate surface area is 97.9 Å². The third kappa shape index (κ3) is 2.86. The maximum atomic E-state index is 4.88. The van der Waals surface area contributed by atoms with E-state index in [4.69, 9.17) is 4.52 Å². The van der Waals surface area contributed by atoms with Crippen LogP contribution in [0.3, 0.4) is 0 Å². The molecule has 0 unspecified atom stereocenters. The maximum Gasteiger partial charge on any atom is 0.223 e. The predicted octanol–water partition coefficient (Wildman–Crippen LogP) is 1.48. The number of rotatable bonds is 5. The molecule has 6 heteroatoms. The first-order valence-corrected chi connectivity index (χ1v) is 6.02. The molecule has 0 saturated carbocycles. The molecule has 16 heavy (non-hydrogen) atoms. The molecule has 2 rings (SSSR count). The second kappa shape index (κ2) is 5.18. The number of nitrogens with zero attached hydrogens (tertiary/aromatic N) is 3. The summed E-state index contributed by atoms with van der Waals surface area (Å²) in [5.74, 6) is 1.31. The summed E-state index contributed by atoms with van der Waals surface area (Å²) in [6.45, 7) is 5.37. The van der Waals surface area contributed by atoms with E-state index in [0.29, 0.717) is 18.3 Å². The van der Waals surface area contributed by atoms with Crippen LogP contribution in [0.4, 0.5) is 0 Å². The van der Waals surface area contributed by atoms with Crippen LogP contribution < -0.4 is 5.32 Å². The molecule has 0 saturated heterocycles. The van der Waals surface area contributed by atoms with E-state index in [1.54, 1.807) is 18.3 Å². The van der Waals surface area contributed by atoms with E-state index in [1.165, 1.54) is 4.88 Å². The lowest BCUT2D eigenvalue weighted by atomic mass is 10.3. The maximum absolute atomic E-state index is 4.88. The lowest BCUT2D eigenvalue weighted by Gasteiger charge is -2.00. The number of hydrogen-bond acceptors (Lipinski definition) is 6. The molecule has 0 aliphatic rings. The van der Waals surface area contributed by atoms with E-state index in [1.807, 2.05) is 12.4 Å². The molecule has 0 spiro atoms. The number of aromatic nitrogens is 3. The van der Waals surface area contributed by atoms with Crippen LogP contribution in [0.15, 0.2) is 10.0 Å². The van der Waals surface area contributed by atoms with Gasteiger partial charge in [-0.2, -0.15) is 4.98 Å². The van der Waals surface area contributed by atoms with E-state index in [-0.39, 0.29) is 0 Å². The van der Waals surface area contributed by atoms with Crippen LogP contribution in [0, 0.1) is 13.8 Å². The predicted molar refractivity (Wildman–Crippen MR) is 61.3 cm³/mol. The molecule has 0 amide bonds. The summed E-state index contributed by atoms with van der Waals surface area (Å²) in [5.41, 5.74) is 3.01. The Morgan fingerprint density at radius 2 is 2.31 bits per heavy atom. The first-order valence-electron chi connectivity index (χ1n) is 5.14. The smallest absolute Gasteiger partial charge is 0.223 e. The van der Waals surface area contributed by atoms with Gasteiger partial charge in [0.2, 0.25) is 5.89 Å². The Morgan fingerprint density at radius 1 is 1.44 bits per heavy atom. The topological polar surface area (TPSA) is 63.8 Å². The van der Waals surface area contributed by atoms with Crippen LogP contribution in [-0.2, 0) is 13.0 Å². The number of hydrogen-bond donors (Lipinski definition) is 1. The van der Waals surface area contributed by atoms with Crippen molar-refractivity contribution in [2.24, 2.45) is 0 Å². The van der Waals surface area contributed by atoms with E-state index >= 15 is 0 Å². The van der Waals surface area contributed by atoms with Gasteiger partial charge in [0, 0.05) is 18.3 Å². The first-order chi connectivity index (χ1) is 7.75. The first kappa shape index (κ1) is 11.2. The molecule has 2 aromatic rings. The zero-order valence-corrected chi connectivity index (χ0v) is 10.2. The minimum Gasteiger partial charge on any atom is -0.340 e. The summed E-state index contributed by atoms with van der Waals surface area (Å²) in [6, 6.07) is 0. The highest BCUT2D eigenvalue weighted by atomic mass is 32.1. The molecule has 1 N–H and O–H groups in total. The number of aryl methyl sites for hydroxylation is 2. The summed E-state index contributed by atoms with van der Waals surface area (Å²) >= 11 is 1.70. The molecule has 0 bridgehead atoms. The third-order valence-electron chi connectivity index (χ3n) is 2.23. The molecule has 0 atom stereocenters. The second-order valence-corrected chi connectivity index (χ2v) is 4.46. The van der Waals surface area contributed by atoms with Crippen LogP contribution in [0.2, 0.25) is 0 Å². The quantitative estimate of drug-likeness (QED) is 0.799. The fraction of sp³-hybridized carbons (Fsp3) is 0.500. The Morgan fingerprint density at radius 3 is 2.94 bits per heavy atom. The molecular formula is C10H14N4OS. The van der Waals surface area contributed by atoms with Gasteiger partial charge in [-0.25, -0.2) is 4.98 Å². The molecule has 5 nitrogen and oxygen atoms in total. The average molecular weight is 238 g/mol. The molecule has 0 aliphatic heterocycles. The lowest BCUT2D eigenvalue weighted by molar-refractivity contribution is 0.385. The van der Waals surface area contributed by atoms with Crippen LogP contribution in [0.5, 0.6) is 0 Å². The summed E-state index contributed by atoms with van der Waals surface area (Å²) < 4.78 is 4.88. The largest absolute Gasteiger partial charge is 0.340 e. The van der Waals surface area contributed by atoms with Crippen molar-refractivity contribution in [3.8, 4) is 0 Å². The normalized spacial score (nSPS) is 10.9. The van der Waals surface area contributed by atoms with Gasteiger partial charge >= 0.3 is 0 Å². The van der Waals surface area contributed by atoms with Gasteiger partial charge in [0.1, 0.15) is 0 Å². The van der Waals surface area contributed by atoms with Gasteiger partial charge < -0.3 is 9.84 Å². The SMILES string of the molecule is Cc1nc(CNCCc2scnc2C)no1. The fourth-order valence-electron chi connectivity index (χ4n) is 1.38. The lowest BCUT2D eigenvalue weighted by Crippen LogP contribution is -2.17. The van der Waals surface area contributed by atoms with Crippen LogP contribution in [-0.4, -0.2) is 21.7 Å². The average Bonchev–Trinajstić information content (AvgIpc) is 2.83. The van der Waals surface area contributed by atoms with Crippen molar-refractivity contribution in [1.82, 2.24) is 20.4 Å². The van der Waals surface area contributed by atoms with Crippen molar-refractivity contribution in [2.45, 2.75) is 26.8 Å². The standard InChI is InChI=1S/C10H14N4OS/c1-7-9(16-6-12-7)3-4-11-5-10-13-8(2)15-14-10/h6,11H,3-5H2,1-2H3. The molecule has 0 aromatic carbocycles. The van der Waals surface area contributed by atoms with Crippen molar-refractivity contribution in [3.63, 3.8) is 0 Å². The Hall–Kier alpha value is -1.27. The highest BCUT2D eigenvalue weighted by Gasteiger charge is 2.03. The van der Waals surface area contributed by atoms with Gasteiger partial charge in [-0.3, -0.25) is 0 Å².